The van der Waals surface area contributed by atoms with Crippen LogP contribution in [0.15, 0.2) is 12.7 Å². The van der Waals surface area contributed by atoms with Crippen molar-refractivity contribution in [3.63, 3.8) is 0 Å². The summed E-state index contributed by atoms with van der Waals surface area (Å²) in [6.45, 7) is 10.2. The Hall–Kier alpha value is -2.96. The molecule has 1 aliphatic carbocycles. The number of nitrogens with zero attached hydrogens (tertiary/aromatic N) is 1. The summed E-state index contributed by atoms with van der Waals surface area (Å²) in [5.41, 5.74) is -0.805. The van der Waals surface area contributed by atoms with Crippen molar-refractivity contribution in [3.05, 3.63) is 12.7 Å². The van der Waals surface area contributed by atoms with E-state index in [1.165, 1.54) is 11.0 Å². The van der Waals surface area contributed by atoms with E-state index in [9.17, 15) is 32.4 Å². The molecule has 1 saturated heterocycles. The van der Waals surface area contributed by atoms with E-state index in [0.29, 0.717) is 19.3 Å². The first-order valence-electron chi connectivity index (χ1n) is 14.3. The van der Waals surface area contributed by atoms with Gasteiger partial charge in [0.05, 0.1) is 11.3 Å². The zero-order chi connectivity index (χ0) is 31.0. The van der Waals surface area contributed by atoms with Gasteiger partial charge in [0.1, 0.15) is 17.7 Å². The lowest BCUT2D eigenvalue weighted by molar-refractivity contribution is -0.143. The first kappa shape index (κ1) is 34.2. The summed E-state index contributed by atoms with van der Waals surface area (Å²) in [7, 11) is -3.64. The van der Waals surface area contributed by atoms with E-state index in [0.717, 1.165) is 25.5 Å². The van der Waals surface area contributed by atoms with Crippen LogP contribution >= 0.6 is 0 Å². The molecule has 0 aromatic heterocycles. The van der Waals surface area contributed by atoms with Crippen molar-refractivity contribution in [1.29, 1.82) is 0 Å². The fourth-order valence-electron chi connectivity index (χ4n) is 5.30. The van der Waals surface area contributed by atoms with Crippen molar-refractivity contribution in [2.75, 3.05) is 19.3 Å². The predicted molar refractivity (Wildman–Crippen MR) is 154 cm³/mol. The number of nitrogens with one attached hydrogen (secondary N) is 3. The van der Waals surface area contributed by atoms with Gasteiger partial charge in [0.2, 0.25) is 17.6 Å². The van der Waals surface area contributed by atoms with Crippen LogP contribution in [0.2, 0.25) is 0 Å². The smallest absolute Gasteiger partial charge is 0.408 e. The van der Waals surface area contributed by atoms with Crippen LogP contribution in [-0.2, 0) is 33.8 Å². The Morgan fingerprint density at radius 2 is 1.71 bits per heavy atom. The molecule has 2 aliphatic rings. The molecule has 0 radical (unpaired) electrons. The number of ketones is 1. The molecule has 2 fully saturated rings. The molecule has 13 heteroatoms. The van der Waals surface area contributed by atoms with Gasteiger partial charge in [-0.05, 0) is 52.4 Å². The molecule has 0 spiro atoms. The minimum atomic E-state index is -3.64. The van der Waals surface area contributed by atoms with Crippen LogP contribution in [0.5, 0.6) is 0 Å². The monoisotopic (exact) mass is 598 g/mol. The third kappa shape index (κ3) is 10.1. The van der Waals surface area contributed by atoms with Gasteiger partial charge in [-0.2, -0.15) is 0 Å². The van der Waals surface area contributed by atoms with E-state index < -0.39 is 68.4 Å². The zero-order valence-electron chi connectivity index (χ0n) is 24.9. The lowest BCUT2D eigenvalue weighted by atomic mass is 9.83. The van der Waals surface area contributed by atoms with Gasteiger partial charge in [0.25, 0.3) is 5.91 Å². The highest BCUT2D eigenvalue weighted by Gasteiger charge is 2.47. The van der Waals surface area contributed by atoms with E-state index >= 15 is 0 Å². The number of hydrogen-bond acceptors (Lipinski definition) is 8. The van der Waals surface area contributed by atoms with E-state index in [2.05, 4.69) is 22.5 Å². The van der Waals surface area contributed by atoms with Gasteiger partial charge in [-0.25, -0.2) is 13.2 Å². The van der Waals surface area contributed by atoms with Gasteiger partial charge in [-0.3, -0.25) is 19.2 Å². The Bertz CT molecular complexity index is 1090. The lowest BCUT2D eigenvalue weighted by Crippen LogP contribution is -2.58. The highest BCUT2D eigenvalue weighted by atomic mass is 32.2. The van der Waals surface area contributed by atoms with Gasteiger partial charge in [0, 0.05) is 19.3 Å². The molecule has 232 valence electrons. The average molecular weight is 599 g/mol. The average Bonchev–Trinajstić information content (AvgIpc) is 3.35. The Labute approximate surface area is 243 Å². The number of alkyl carbamates (subject to hydrolysis) is 1. The number of ether oxygens (including phenoxy) is 1. The Morgan fingerprint density at radius 1 is 1.07 bits per heavy atom. The number of carbonyl (C=O) groups is 5. The number of Topliss-reactive ketones (excluding diaryl/α,β-unsaturated/α-hetero) is 1. The molecule has 0 bridgehead atoms. The fraction of sp³-hybridized carbons (Fsp3) is 0.750. The van der Waals surface area contributed by atoms with Crippen LogP contribution in [0.1, 0.15) is 79.1 Å². The molecule has 2 unspecified atom stereocenters. The summed E-state index contributed by atoms with van der Waals surface area (Å²) in [6, 6.07) is -3.38. The third-order valence-electron chi connectivity index (χ3n) is 7.35. The fourth-order valence-corrected chi connectivity index (χ4v) is 6.26. The maximum atomic E-state index is 14.0. The van der Waals surface area contributed by atoms with E-state index in [4.69, 9.17) is 4.74 Å². The van der Waals surface area contributed by atoms with E-state index in [1.807, 2.05) is 0 Å². The van der Waals surface area contributed by atoms with Crippen molar-refractivity contribution in [3.8, 4) is 0 Å². The van der Waals surface area contributed by atoms with Crippen molar-refractivity contribution >= 4 is 39.4 Å². The van der Waals surface area contributed by atoms with Gasteiger partial charge in [-0.15, -0.1) is 6.58 Å². The van der Waals surface area contributed by atoms with Gasteiger partial charge < -0.3 is 25.6 Å². The van der Waals surface area contributed by atoms with Crippen LogP contribution in [0.3, 0.4) is 0 Å². The normalized spacial score (nSPS) is 21.3. The minimum absolute atomic E-state index is 0.0749. The maximum Gasteiger partial charge on any atom is 0.408 e. The molecule has 0 aromatic carbocycles. The molecule has 1 saturated carbocycles. The summed E-state index contributed by atoms with van der Waals surface area (Å²) in [6.07, 6.45) is 6.27. The number of hydrogen-bond donors (Lipinski definition) is 3. The molecular weight excluding hydrogens is 552 g/mol. The second-order valence-electron chi connectivity index (χ2n) is 11.9. The molecule has 4 amide bonds. The molecule has 0 aromatic rings. The largest absolute Gasteiger partial charge is 0.444 e. The van der Waals surface area contributed by atoms with E-state index in [1.54, 1.807) is 27.7 Å². The third-order valence-corrected chi connectivity index (χ3v) is 8.91. The van der Waals surface area contributed by atoms with Crippen molar-refractivity contribution < 1.29 is 37.1 Å². The number of amides is 4. The molecule has 1 heterocycles. The maximum absolute atomic E-state index is 14.0. The highest BCUT2D eigenvalue weighted by Crippen LogP contribution is 2.31. The molecule has 4 atom stereocenters. The van der Waals surface area contributed by atoms with Gasteiger partial charge >= 0.3 is 6.09 Å². The second-order valence-corrected chi connectivity index (χ2v) is 14.3. The molecule has 41 heavy (non-hydrogen) atoms. The summed E-state index contributed by atoms with van der Waals surface area (Å²) < 4.78 is 30.4. The molecule has 12 nitrogen and oxygen atoms in total. The number of rotatable bonds is 12. The Kier molecular flexibility index (Phi) is 12.3. The number of sulfone groups is 1. The van der Waals surface area contributed by atoms with Crippen LogP contribution in [0, 0.1) is 5.92 Å². The van der Waals surface area contributed by atoms with Crippen molar-refractivity contribution in [2.24, 2.45) is 5.92 Å². The minimum Gasteiger partial charge on any atom is -0.444 e. The van der Waals surface area contributed by atoms with E-state index in [-0.39, 0.29) is 31.8 Å². The van der Waals surface area contributed by atoms with Crippen molar-refractivity contribution in [1.82, 2.24) is 20.9 Å². The summed E-state index contributed by atoms with van der Waals surface area (Å²) in [5, 5.41) is 6.68. The van der Waals surface area contributed by atoms with Crippen LogP contribution in [0.4, 0.5) is 4.79 Å². The standard InChI is InChI=1S/C28H46N4O8S/c1-7-12-20(23(33)25(35)29-15-8-2)30-24(34)21-16-19(41(6,38)39)17-32(21)26(36)22(18-13-10-9-11-14-18)31-27(37)40-28(3,4)5/h8,18-22H,2,7,9-17H2,1,3-6H3,(H,29,35)(H,30,34)(H,31,37)/t19?,20?,21-,22-/m0/s1. The van der Waals surface area contributed by atoms with Gasteiger partial charge in [-0.1, -0.05) is 38.7 Å². The number of likely N-dealkylation sites (tertiary alicyclic amines) is 1. The SMILES string of the molecule is C=CCNC(=O)C(=O)C(CCC)NC(=O)[C@@H]1CC(S(C)(=O)=O)CN1C(=O)[C@@H](NC(=O)OC(C)(C)C)C1CCCCC1. The molecule has 2 rings (SSSR count). The van der Waals surface area contributed by atoms with Crippen molar-refractivity contribution in [2.45, 2.75) is 108 Å². The quantitative estimate of drug-likeness (QED) is 0.225. The molecule has 1 aliphatic heterocycles. The second kappa shape index (κ2) is 14.8. The van der Waals surface area contributed by atoms with Crippen LogP contribution in [-0.4, -0.2) is 91.2 Å². The van der Waals surface area contributed by atoms with Crippen LogP contribution < -0.4 is 16.0 Å². The molecular formula is C28H46N4O8S. The lowest BCUT2D eigenvalue weighted by Gasteiger charge is -2.35. The zero-order valence-corrected chi connectivity index (χ0v) is 25.7. The topological polar surface area (TPSA) is 168 Å². The Morgan fingerprint density at radius 3 is 2.24 bits per heavy atom. The first-order chi connectivity index (χ1) is 19.1. The van der Waals surface area contributed by atoms with Crippen LogP contribution in [0.25, 0.3) is 0 Å². The predicted octanol–water partition coefficient (Wildman–Crippen LogP) is 1.63. The summed E-state index contributed by atoms with van der Waals surface area (Å²) >= 11 is 0. The number of carbonyl (C=O) groups excluding carboxylic acids is 5. The highest BCUT2D eigenvalue weighted by molar-refractivity contribution is 7.91. The summed E-state index contributed by atoms with van der Waals surface area (Å²) in [5.74, 6) is -3.24. The first-order valence-corrected chi connectivity index (χ1v) is 16.3. The Balaban J connectivity index is 2.36. The summed E-state index contributed by atoms with van der Waals surface area (Å²) in [4.78, 5) is 66.6. The molecule has 3 N–H and O–H groups in total. The van der Waals surface area contributed by atoms with Gasteiger partial charge in [0.15, 0.2) is 9.84 Å².